The highest BCUT2D eigenvalue weighted by Crippen LogP contribution is 2.31. The first-order valence-corrected chi connectivity index (χ1v) is 11.5. The number of amides is 2. The zero-order chi connectivity index (χ0) is 22.1. The number of nitrogens with one attached hydrogen (secondary N) is 2. The second-order valence-corrected chi connectivity index (χ2v) is 8.82. The van der Waals surface area contributed by atoms with Crippen LogP contribution in [0.15, 0.2) is 48.6 Å². The molecule has 5 rings (SSSR count). The maximum absolute atomic E-state index is 12.9. The van der Waals surface area contributed by atoms with Gasteiger partial charge in [-0.1, -0.05) is 19.1 Å². The van der Waals surface area contributed by atoms with Crippen LogP contribution < -0.4 is 15.5 Å². The molecule has 0 spiro atoms. The summed E-state index contributed by atoms with van der Waals surface area (Å²) in [6.07, 6.45) is 7.77. The average molecular weight is 434 g/mol. The van der Waals surface area contributed by atoms with Gasteiger partial charge < -0.3 is 25.3 Å². The Balaban J connectivity index is 1.16. The Hall–Kier alpha value is -3.29. The Morgan fingerprint density at radius 1 is 1.16 bits per heavy atom. The van der Waals surface area contributed by atoms with Gasteiger partial charge in [-0.25, -0.2) is 14.8 Å². The maximum Gasteiger partial charge on any atom is 0.320 e. The van der Waals surface area contributed by atoms with Gasteiger partial charge in [-0.15, -0.1) is 0 Å². The standard InChI is InChI=1S/C24H31N7O/c1-3-17-5-4-9-26-23(17)29(2)22-7-6-18(11-27-22)20-14-31(15-20)24(32)30-10-8-19(13-30)21-12-25-16-28-21/h4-7,9,11-12,19-20,25,28H,3,8,10,13-16H2,1-2H3/t19-/m0/s1. The molecule has 2 amide bonds. The summed E-state index contributed by atoms with van der Waals surface area (Å²) < 4.78 is 0. The molecule has 2 aromatic heterocycles. The molecule has 1 atom stereocenters. The third kappa shape index (κ3) is 3.85. The molecule has 2 aromatic rings. The van der Waals surface area contributed by atoms with Crippen LogP contribution in [-0.4, -0.2) is 65.7 Å². The van der Waals surface area contributed by atoms with Crippen LogP contribution in [0, 0.1) is 5.92 Å². The molecule has 3 aliphatic heterocycles. The van der Waals surface area contributed by atoms with E-state index in [2.05, 4.69) is 45.7 Å². The van der Waals surface area contributed by atoms with Crippen molar-refractivity contribution in [3.63, 3.8) is 0 Å². The van der Waals surface area contributed by atoms with Crippen molar-refractivity contribution >= 4 is 17.7 Å². The van der Waals surface area contributed by atoms with Gasteiger partial charge in [-0.05, 0) is 36.1 Å². The fourth-order valence-electron chi connectivity index (χ4n) is 4.81. The average Bonchev–Trinajstić information content (AvgIpc) is 3.50. The number of rotatable bonds is 5. The molecule has 0 bridgehead atoms. The molecule has 8 nitrogen and oxygen atoms in total. The molecule has 0 saturated carbocycles. The normalized spacial score (nSPS) is 20.4. The highest BCUT2D eigenvalue weighted by molar-refractivity contribution is 5.76. The number of urea groups is 1. The lowest BCUT2D eigenvalue weighted by atomic mass is 9.93. The second-order valence-electron chi connectivity index (χ2n) is 8.82. The summed E-state index contributed by atoms with van der Waals surface area (Å²) in [5.41, 5.74) is 3.62. The predicted octanol–water partition coefficient (Wildman–Crippen LogP) is 2.64. The summed E-state index contributed by atoms with van der Waals surface area (Å²) in [5, 5.41) is 6.55. The van der Waals surface area contributed by atoms with Crippen LogP contribution >= 0.6 is 0 Å². The van der Waals surface area contributed by atoms with Crippen LogP contribution in [0.25, 0.3) is 0 Å². The van der Waals surface area contributed by atoms with E-state index in [0.717, 1.165) is 57.3 Å². The Kier molecular flexibility index (Phi) is 5.59. The number of aromatic nitrogens is 2. The molecule has 2 saturated heterocycles. The number of hydrogen-bond acceptors (Lipinski definition) is 6. The Morgan fingerprint density at radius 2 is 2.00 bits per heavy atom. The van der Waals surface area contributed by atoms with E-state index in [0.29, 0.717) is 11.8 Å². The summed E-state index contributed by atoms with van der Waals surface area (Å²) in [6, 6.07) is 8.43. The highest BCUT2D eigenvalue weighted by Gasteiger charge is 2.37. The van der Waals surface area contributed by atoms with Gasteiger partial charge in [-0.2, -0.15) is 0 Å². The van der Waals surface area contributed by atoms with Gasteiger partial charge in [0.25, 0.3) is 0 Å². The lowest BCUT2D eigenvalue weighted by Gasteiger charge is -2.41. The molecule has 0 radical (unpaired) electrons. The zero-order valence-electron chi connectivity index (χ0n) is 18.8. The first-order chi connectivity index (χ1) is 15.6. The topological polar surface area (TPSA) is 76.6 Å². The van der Waals surface area contributed by atoms with Gasteiger partial charge in [0.2, 0.25) is 0 Å². The van der Waals surface area contributed by atoms with E-state index >= 15 is 0 Å². The van der Waals surface area contributed by atoms with Crippen LogP contribution in [0.1, 0.15) is 30.4 Å². The second kappa shape index (κ2) is 8.68. The SMILES string of the molecule is CCc1cccnc1N(C)c1ccc(C2CN(C(=O)N3CC[C@H](C4=CNCN4)C3)C2)cn1. The first kappa shape index (κ1) is 20.6. The lowest BCUT2D eigenvalue weighted by molar-refractivity contribution is 0.120. The number of likely N-dealkylation sites (tertiary alicyclic amines) is 2. The summed E-state index contributed by atoms with van der Waals surface area (Å²) in [5.74, 6) is 2.60. The zero-order valence-corrected chi connectivity index (χ0v) is 18.8. The lowest BCUT2D eigenvalue weighted by Crippen LogP contribution is -2.53. The van der Waals surface area contributed by atoms with Crippen molar-refractivity contribution in [2.45, 2.75) is 25.7 Å². The largest absolute Gasteiger partial charge is 0.372 e. The Labute approximate surface area is 189 Å². The third-order valence-corrected chi connectivity index (χ3v) is 6.85. The Morgan fingerprint density at radius 3 is 2.72 bits per heavy atom. The van der Waals surface area contributed by atoms with Gasteiger partial charge in [0, 0.05) is 69.4 Å². The molecule has 32 heavy (non-hydrogen) atoms. The predicted molar refractivity (Wildman–Crippen MR) is 125 cm³/mol. The molecule has 2 fully saturated rings. The van der Waals surface area contributed by atoms with Gasteiger partial charge in [0.05, 0.1) is 6.67 Å². The van der Waals surface area contributed by atoms with Crippen LogP contribution in [-0.2, 0) is 6.42 Å². The summed E-state index contributed by atoms with van der Waals surface area (Å²) in [4.78, 5) is 28.1. The molecule has 2 N–H and O–H groups in total. The van der Waals surface area contributed by atoms with Crippen LogP contribution in [0.3, 0.4) is 0 Å². The van der Waals surface area contributed by atoms with Crippen LogP contribution in [0.4, 0.5) is 16.4 Å². The van der Waals surface area contributed by atoms with E-state index in [1.165, 1.54) is 16.8 Å². The number of carbonyl (C=O) groups is 1. The van der Waals surface area contributed by atoms with E-state index in [9.17, 15) is 4.79 Å². The number of hydrogen-bond donors (Lipinski definition) is 2. The highest BCUT2D eigenvalue weighted by atomic mass is 16.2. The molecule has 0 aromatic carbocycles. The van der Waals surface area contributed by atoms with E-state index in [1.54, 1.807) is 0 Å². The van der Waals surface area contributed by atoms with Crippen molar-refractivity contribution in [1.29, 1.82) is 0 Å². The molecule has 5 heterocycles. The fourth-order valence-corrected chi connectivity index (χ4v) is 4.81. The minimum absolute atomic E-state index is 0.168. The Bertz CT molecular complexity index is 1000. The van der Waals surface area contributed by atoms with Gasteiger partial charge in [0.15, 0.2) is 0 Å². The number of carbonyl (C=O) groups excluding carboxylic acids is 1. The quantitative estimate of drug-likeness (QED) is 0.755. The van der Waals surface area contributed by atoms with Crippen LogP contribution in [0.5, 0.6) is 0 Å². The summed E-state index contributed by atoms with van der Waals surface area (Å²) in [7, 11) is 2.00. The van der Waals surface area contributed by atoms with E-state index in [-0.39, 0.29) is 6.03 Å². The number of pyridine rings is 2. The minimum atomic E-state index is 0.168. The van der Waals surface area contributed by atoms with Crippen LogP contribution in [0.2, 0.25) is 0 Å². The van der Waals surface area contributed by atoms with E-state index < -0.39 is 0 Å². The smallest absolute Gasteiger partial charge is 0.320 e. The first-order valence-electron chi connectivity index (χ1n) is 11.5. The molecule has 0 aliphatic carbocycles. The summed E-state index contributed by atoms with van der Waals surface area (Å²) >= 11 is 0. The molecule has 3 aliphatic rings. The third-order valence-electron chi connectivity index (χ3n) is 6.85. The summed E-state index contributed by atoms with van der Waals surface area (Å²) in [6.45, 7) is 6.09. The molecular formula is C24H31N7O. The van der Waals surface area contributed by atoms with Gasteiger partial charge >= 0.3 is 6.03 Å². The van der Waals surface area contributed by atoms with Crippen molar-refractivity contribution in [2.24, 2.45) is 5.92 Å². The van der Waals surface area contributed by atoms with Crippen molar-refractivity contribution in [3.05, 3.63) is 59.7 Å². The van der Waals surface area contributed by atoms with Gasteiger partial charge in [-0.3, -0.25) is 0 Å². The number of nitrogens with zero attached hydrogens (tertiary/aromatic N) is 5. The van der Waals surface area contributed by atoms with E-state index in [1.807, 2.05) is 46.4 Å². The fraction of sp³-hybridized carbons (Fsp3) is 0.458. The minimum Gasteiger partial charge on any atom is -0.372 e. The maximum atomic E-state index is 12.9. The van der Waals surface area contributed by atoms with Crippen molar-refractivity contribution in [3.8, 4) is 0 Å². The molecule has 8 heteroatoms. The number of anilines is 2. The molecule has 0 unspecified atom stereocenters. The number of aryl methyl sites for hydroxylation is 1. The van der Waals surface area contributed by atoms with E-state index in [4.69, 9.17) is 0 Å². The molecular weight excluding hydrogens is 402 g/mol. The monoisotopic (exact) mass is 433 g/mol. The van der Waals surface area contributed by atoms with Crippen molar-refractivity contribution in [2.75, 3.05) is 44.8 Å². The van der Waals surface area contributed by atoms with Crippen molar-refractivity contribution < 1.29 is 4.79 Å². The molecule has 168 valence electrons. The van der Waals surface area contributed by atoms with Crippen molar-refractivity contribution in [1.82, 2.24) is 30.4 Å². The van der Waals surface area contributed by atoms with Gasteiger partial charge in [0.1, 0.15) is 11.6 Å².